The molecule has 2 N–H and O–H groups in total. The molecule has 0 saturated heterocycles. The fourth-order valence-corrected chi connectivity index (χ4v) is 2.94. The van der Waals surface area contributed by atoms with Crippen molar-refractivity contribution >= 4 is 22.4 Å². The van der Waals surface area contributed by atoms with Crippen LogP contribution in [-0.4, -0.2) is 19.5 Å². The Morgan fingerprint density at radius 2 is 1.67 bits per heavy atom. The number of quaternary nitrogens is 1. The molecule has 1 unspecified atom stereocenters. The first-order valence-electron chi connectivity index (χ1n) is 8.26. The number of carbonyl (C=O) groups is 1. The molecule has 0 aliphatic rings. The van der Waals surface area contributed by atoms with Gasteiger partial charge in [-0.25, -0.2) is 0 Å². The zero-order valence-electron chi connectivity index (χ0n) is 14.2. The average Bonchev–Trinajstić information content (AvgIpc) is 2.56. The molecule has 3 heteroatoms. The number of nitrogens with one attached hydrogen (secondary N) is 2. The van der Waals surface area contributed by atoms with Gasteiger partial charge in [-0.2, -0.15) is 0 Å². The normalized spacial score (nSPS) is 12.1. The van der Waals surface area contributed by atoms with E-state index in [4.69, 9.17) is 0 Å². The number of hydrogen-bond acceptors (Lipinski definition) is 1. The van der Waals surface area contributed by atoms with Gasteiger partial charge in [-0.15, -0.1) is 0 Å². The first-order valence-corrected chi connectivity index (χ1v) is 8.26. The molecular formula is C21H23N2O+. The van der Waals surface area contributed by atoms with Crippen LogP contribution in [0.4, 0.5) is 5.69 Å². The summed E-state index contributed by atoms with van der Waals surface area (Å²) in [6.45, 7) is 3.40. The van der Waals surface area contributed by atoms with E-state index in [1.807, 2.05) is 49.5 Å². The summed E-state index contributed by atoms with van der Waals surface area (Å²) in [4.78, 5) is 13.5. The van der Waals surface area contributed by atoms with Crippen LogP contribution in [0.25, 0.3) is 10.8 Å². The number of aryl methyl sites for hydroxylation is 1. The fourth-order valence-electron chi connectivity index (χ4n) is 2.94. The number of hydrogen-bond donors (Lipinski definition) is 2. The summed E-state index contributed by atoms with van der Waals surface area (Å²) < 4.78 is 0. The molecule has 1 atom stereocenters. The summed E-state index contributed by atoms with van der Waals surface area (Å²) in [5, 5.41) is 5.32. The molecule has 0 heterocycles. The van der Waals surface area contributed by atoms with Gasteiger partial charge in [0, 0.05) is 11.3 Å². The molecule has 0 bridgehead atoms. The highest BCUT2D eigenvalue weighted by Gasteiger charge is 2.12. The maximum absolute atomic E-state index is 12.3. The molecule has 3 nitrogen and oxygen atoms in total. The van der Waals surface area contributed by atoms with Crippen LogP contribution in [-0.2, 0) is 11.3 Å². The molecule has 0 saturated carbocycles. The largest absolute Gasteiger partial charge is 0.326 e. The summed E-state index contributed by atoms with van der Waals surface area (Å²) in [7, 11) is 2.05. The van der Waals surface area contributed by atoms with Crippen LogP contribution >= 0.6 is 0 Å². The monoisotopic (exact) mass is 319 g/mol. The summed E-state index contributed by atoms with van der Waals surface area (Å²) in [6, 6.07) is 22.5. The second kappa shape index (κ2) is 7.28. The zero-order valence-corrected chi connectivity index (χ0v) is 14.2. The van der Waals surface area contributed by atoms with Gasteiger partial charge < -0.3 is 10.2 Å². The Morgan fingerprint density at radius 3 is 2.46 bits per heavy atom. The van der Waals surface area contributed by atoms with E-state index in [9.17, 15) is 4.79 Å². The van der Waals surface area contributed by atoms with Crippen molar-refractivity contribution in [2.24, 2.45) is 0 Å². The molecule has 0 aliphatic carbocycles. The van der Waals surface area contributed by atoms with Gasteiger partial charge >= 0.3 is 0 Å². The van der Waals surface area contributed by atoms with Gasteiger partial charge in [0.25, 0.3) is 5.91 Å². The van der Waals surface area contributed by atoms with E-state index < -0.39 is 0 Å². The van der Waals surface area contributed by atoms with E-state index in [2.05, 4.69) is 36.5 Å². The highest BCUT2D eigenvalue weighted by atomic mass is 16.2. The molecule has 3 aromatic carbocycles. The predicted octanol–water partition coefficient (Wildman–Crippen LogP) is 2.80. The van der Waals surface area contributed by atoms with Crippen LogP contribution in [0.3, 0.4) is 0 Å². The van der Waals surface area contributed by atoms with E-state index in [0.717, 1.165) is 17.6 Å². The topological polar surface area (TPSA) is 33.5 Å². The first-order chi connectivity index (χ1) is 11.6. The summed E-state index contributed by atoms with van der Waals surface area (Å²) in [6.07, 6.45) is 0. The maximum atomic E-state index is 12.3. The average molecular weight is 319 g/mol. The van der Waals surface area contributed by atoms with Crippen molar-refractivity contribution in [3.63, 3.8) is 0 Å². The number of benzene rings is 3. The van der Waals surface area contributed by atoms with Gasteiger partial charge in [0.2, 0.25) is 0 Å². The molecule has 3 aromatic rings. The highest BCUT2D eigenvalue weighted by Crippen LogP contribution is 2.18. The first kappa shape index (κ1) is 16.2. The van der Waals surface area contributed by atoms with E-state index in [-0.39, 0.29) is 5.91 Å². The lowest BCUT2D eigenvalue weighted by atomic mass is 10.1. The lowest BCUT2D eigenvalue weighted by Crippen LogP contribution is -3.08. The predicted molar refractivity (Wildman–Crippen MR) is 99.2 cm³/mol. The molecule has 0 aliphatic heterocycles. The number of carbonyl (C=O) groups excluding carboxylic acids is 1. The lowest BCUT2D eigenvalue weighted by molar-refractivity contribution is -0.885. The number of likely N-dealkylation sites (N-methyl/N-ethyl adjacent to an activating group) is 1. The minimum atomic E-state index is 0.0383. The Hall–Kier alpha value is -2.65. The molecule has 3 rings (SSSR count). The van der Waals surface area contributed by atoms with Crippen molar-refractivity contribution in [3.8, 4) is 0 Å². The zero-order chi connectivity index (χ0) is 16.9. The van der Waals surface area contributed by atoms with Crippen molar-refractivity contribution in [1.82, 2.24) is 0 Å². The van der Waals surface area contributed by atoms with Crippen LogP contribution in [0.5, 0.6) is 0 Å². The highest BCUT2D eigenvalue weighted by molar-refractivity contribution is 5.94. The Labute approximate surface area is 142 Å². The van der Waals surface area contributed by atoms with E-state index >= 15 is 0 Å². The van der Waals surface area contributed by atoms with Crippen LogP contribution < -0.4 is 10.2 Å². The van der Waals surface area contributed by atoms with Gasteiger partial charge in [-0.1, -0.05) is 54.6 Å². The van der Waals surface area contributed by atoms with Gasteiger partial charge in [-0.05, 0) is 35.4 Å². The van der Waals surface area contributed by atoms with Crippen LogP contribution in [0.15, 0.2) is 66.7 Å². The third-order valence-electron chi connectivity index (χ3n) is 4.25. The van der Waals surface area contributed by atoms with Crippen molar-refractivity contribution < 1.29 is 9.69 Å². The van der Waals surface area contributed by atoms with Gasteiger partial charge in [0.05, 0.1) is 7.05 Å². The lowest BCUT2D eigenvalue weighted by Gasteiger charge is -2.15. The minimum Gasteiger partial charge on any atom is -0.326 e. The van der Waals surface area contributed by atoms with E-state index in [1.165, 1.54) is 21.4 Å². The molecule has 0 fully saturated rings. The third-order valence-corrected chi connectivity index (χ3v) is 4.25. The molecule has 0 radical (unpaired) electrons. The minimum absolute atomic E-state index is 0.0383. The van der Waals surface area contributed by atoms with Crippen molar-refractivity contribution in [2.75, 3.05) is 18.9 Å². The molecule has 0 aromatic heterocycles. The van der Waals surface area contributed by atoms with Crippen molar-refractivity contribution in [2.45, 2.75) is 13.5 Å². The van der Waals surface area contributed by atoms with Gasteiger partial charge in [-0.3, -0.25) is 4.79 Å². The van der Waals surface area contributed by atoms with Gasteiger partial charge in [0.1, 0.15) is 6.54 Å². The van der Waals surface area contributed by atoms with Crippen molar-refractivity contribution in [1.29, 1.82) is 0 Å². The smallest absolute Gasteiger partial charge is 0.279 e. The Kier molecular flexibility index (Phi) is 4.92. The van der Waals surface area contributed by atoms with Crippen molar-refractivity contribution in [3.05, 3.63) is 77.9 Å². The van der Waals surface area contributed by atoms with Crippen LogP contribution in [0.1, 0.15) is 11.1 Å². The number of amides is 1. The summed E-state index contributed by atoms with van der Waals surface area (Å²) in [5.74, 6) is 0.0383. The number of anilines is 1. The summed E-state index contributed by atoms with van der Waals surface area (Å²) in [5.41, 5.74) is 3.41. The SMILES string of the molecule is Cc1ccccc1C[NH+](C)CC(=O)Nc1ccc2ccccc2c1. The van der Waals surface area contributed by atoms with Crippen LogP contribution in [0.2, 0.25) is 0 Å². The van der Waals surface area contributed by atoms with E-state index in [0.29, 0.717) is 6.54 Å². The number of rotatable bonds is 5. The fraction of sp³-hybridized carbons (Fsp3) is 0.190. The molecular weight excluding hydrogens is 296 g/mol. The molecule has 122 valence electrons. The second-order valence-electron chi connectivity index (χ2n) is 6.35. The van der Waals surface area contributed by atoms with E-state index in [1.54, 1.807) is 0 Å². The third kappa shape index (κ3) is 4.00. The summed E-state index contributed by atoms with van der Waals surface area (Å²) >= 11 is 0. The Balaban J connectivity index is 1.61. The van der Waals surface area contributed by atoms with Crippen LogP contribution in [0, 0.1) is 6.92 Å². The maximum Gasteiger partial charge on any atom is 0.279 e. The van der Waals surface area contributed by atoms with Gasteiger partial charge in [0.15, 0.2) is 6.54 Å². The molecule has 1 amide bonds. The Bertz CT molecular complexity index is 857. The molecule has 24 heavy (non-hydrogen) atoms. The second-order valence-corrected chi connectivity index (χ2v) is 6.35. The quantitative estimate of drug-likeness (QED) is 0.745. The number of fused-ring (bicyclic) bond motifs is 1. The Morgan fingerprint density at radius 1 is 0.958 bits per heavy atom. The standard InChI is InChI=1S/C21H22N2O/c1-16-7-3-4-10-19(16)14-23(2)15-21(24)22-20-12-11-17-8-5-6-9-18(17)13-20/h3-13H,14-15H2,1-2H3,(H,22,24)/p+1. The molecule has 0 spiro atoms.